The molecule has 0 spiro atoms. The molecule has 108 valence electrons. The van der Waals surface area contributed by atoms with Gasteiger partial charge in [0, 0.05) is 24.9 Å². The van der Waals surface area contributed by atoms with Crippen molar-refractivity contribution < 1.29 is 19.5 Å². The zero-order valence-corrected chi connectivity index (χ0v) is 11.3. The number of nitrogens with one attached hydrogen (secondary N) is 1. The van der Waals surface area contributed by atoms with E-state index in [1.165, 1.54) is 0 Å². The Labute approximate surface area is 112 Å². The Morgan fingerprint density at radius 1 is 1.53 bits per heavy atom. The summed E-state index contributed by atoms with van der Waals surface area (Å²) >= 11 is 0. The molecule has 4 N–H and O–H groups in total. The molecule has 0 aromatic rings. The second-order valence-corrected chi connectivity index (χ2v) is 5.49. The number of rotatable bonds is 6. The molecule has 0 saturated carbocycles. The van der Waals surface area contributed by atoms with Crippen LogP contribution in [0.4, 0.5) is 0 Å². The number of aliphatic hydroxyl groups excluding tert-OH is 1. The molecule has 1 aliphatic rings. The van der Waals surface area contributed by atoms with Crippen LogP contribution in [0.3, 0.4) is 0 Å². The van der Waals surface area contributed by atoms with E-state index in [1.807, 2.05) is 0 Å². The van der Waals surface area contributed by atoms with Crippen LogP contribution in [0.2, 0.25) is 0 Å². The molecule has 7 heteroatoms. The molecular weight excluding hydrogens is 250 g/mol. The lowest BCUT2D eigenvalue weighted by atomic mass is 9.85. The lowest BCUT2D eigenvalue weighted by molar-refractivity contribution is -0.140. The summed E-state index contributed by atoms with van der Waals surface area (Å²) in [7, 11) is 0. The van der Waals surface area contributed by atoms with Crippen molar-refractivity contribution in [3.63, 3.8) is 0 Å². The molecule has 1 heterocycles. The standard InChI is InChI=1S/C12H21N3O4/c1-12(2,7-15-5-3-4-9(15)17)10(18)11(19)14-6-8(13)16/h10,18H,3-7H2,1-2H3,(H2,13,16)(H,14,19). The summed E-state index contributed by atoms with van der Waals surface area (Å²) in [6.45, 7) is 4.05. The Kier molecular flexibility index (Phi) is 4.88. The topological polar surface area (TPSA) is 113 Å². The summed E-state index contributed by atoms with van der Waals surface area (Å²) in [6, 6.07) is 0. The van der Waals surface area contributed by atoms with Crippen molar-refractivity contribution in [1.29, 1.82) is 0 Å². The van der Waals surface area contributed by atoms with E-state index in [0.717, 1.165) is 6.42 Å². The molecular formula is C12H21N3O4. The molecule has 0 aliphatic carbocycles. The third-order valence-corrected chi connectivity index (χ3v) is 3.20. The van der Waals surface area contributed by atoms with Gasteiger partial charge in [0.05, 0.1) is 6.54 Å². The minimum Gasteiger partial charge on any atom is -0.383 e. The predicted molar refractivity (Wildman–Crippen MR) is 67.8 cm³/mol. The second kappa shape index (κ2) is 6.01. The van der Waals surface area contributed by atoms with Crippen LogP contribution >= 0.6 is 0 Å². The van der Waals surface area contributed by atoms with Crippen LogP contribution in [-0.4, -0.2) is 53.5 Å². The number of likely N-dealkylation sites (tertiary alicyclic amines) is 1. The van der Waals surface area contributed by atoms with Crippen molar-refractivity contribution in [3.8, 4) is 0 Å². The Morgan fingerprint density at radius 2 is 2.16 bits per heavy atom. The van der Waals surface area contributed by atoms with Crippen LogP contribution in [0.15, 0.2) is 0 Å². The van der Waals surface area contributed by atoms with Crippen LogP contribution in [0.5, 0.6) is 0 Å². The Bertz CT molecular complexity index is 381. The summed E-state index contributed by atoms with van der Waals surface area (Å²) in [5.41, 5.74) is 4.12. The van der Waals surface area contributed by atoms with E-state index in [9.17, 15) is 19.5 Å². The molecule has 1 saturated heterocycles. The van der Waals surface area contributed by atoms with E-state index < -0.39 is 23.3 Å². The van der Waals surface area contributed by atoms with Crippen molar-refractivity contribution in [2.24, 2.45) is 11.1 Å². The fraction of sp³-hybridized carbons (Fsp3) is 0.750. The number of primary amides is 1. The maximum absolute atomic E-state index is 11.7. The van der Waals surface area contributed by atoms with E-state index >= 15 is 0 Å². The number of carbonyl (C=O) groups is 3. The van der Waals surface area contributed by atoms with E-state index in [2.05, 4.69) is 5.32 Å². The number of nitrogens with two attached hydrogens (primary N) is 1. The fourth-order valence-corrected chi connectivity index (χ4v) is 2.08. The van der Waals surface area contributed by atoms with Gasteiger partial charge in [-0.15, -0.1) is 0 Å². The lowest BCUT2D eigenvalue weighted by Gasteiger charge is -2.33. The summed E-state index contributed by atoms with van der Waals surface area (Å²) in [5.74, 6) is -1.29. The van der Waals surface area contributed by atoms with Crippen molar-refractivity contribution >= 4 is 17.7 Å². The predicted octanol–water partition coefficient (Wildman–Crippen LogP) is -1.40. The number of carbonyl (C=O) groups excluding carboxylic acids is 3. The van der Waals surface area contributed by atoms with Gasteiger partial charge in [-0.25, -0.2) is 0 Å². The van der Waals surface area contributed by atoms with E-state index in [4.69, 9.17) is 5.73 Å². The van der Waals surface area contributed by atoms with Gasteiger partial charge >= 0.3 is 0 Å². The highest BCUT2D eigenvalue weighted by Crippen LogP contribution is 2.25. The van der Waals surface area contributed by atoms with E-state index in [0.29, 0.717) is 19.5 Å². The highest BCUT2D eigenvalue weighted by molar-refractivity contribution is 5.86. The largest absolute Gasteiger partial charge is 0.383 e. The maximum atomic E-state index is 11.7. The quantitative estimate of drug-likeness (QED) is 0.551. The van der Waals surface area contributed by atoms with Crippen LogP contribution in [0, 0.1) is 5.41 Å². The smallest absolute Gasteiger partial charge is 0.249 e. The Morgan fingerprint density at radius 3 is 2.63 bits per heavy atom. The van der Waals surface area contributed by atoms with Crippen molar-refractivity contribution in [2.75, 3.05) is 19.6 Å². The van der Waals surface area contributed by atoms with Gasteiger partial charge in [-0.3, -0.25) is 14.4 Å². The van der Waals surface area contributed by atoms with Gasteiger partial charge in [-0.05, 0) is 6.42 Å². The van der Waals surface area contributed by atoms with Gasteiger partial charge in [0.2, 0.25) is 17.7 Å². The highest BCUT2D eigenvalue weighted by atomic mass is 16.3. The fourth-order valence-electron chi connectivity index (χ4n) is 2.08. The van der Waals surface area contributed by atoms with E-state index in [1.54, 1.807) is 18.7 Å². The molecule has 1 rings (SSSR count). The Hall–Kier alpha value is -1.63. The maximum Gasteiger partial charge on any atom is 0.249 e. The number of hydrogen-bond donors (Lipinski definition) is 3. The summed E-state index contributed by atoms with van der Waals surface area (Å²) < 4.78 is 0. The van der Waals surface area contributed by atoms with Gasteiger partial charge in [0.25, 0.3) is 0 Å². The van der Waals surface area contributed by atoms with Crippen LogP contribution in [0.25, 0.3) is 0 Å². The molecule has 0 bridgehead atoms. The second-order valence-electron chi connectivity index (χ2n) is 5.49. The molecule has 1 fully saturated rings. The van der Waals surface area contributed by atoms with Gasteiger partial charge in [-0.2, -0.15) is 0 Å². The average molecular weight is 271 g/mol. The van der Waals surface area contributed by atoms with Crippen LogP contribution in [-0.2, 0) is 14.4 Å². The third-order valence-electron chi connectivity index (χ3n) is 3.20. The zero-order chi connectivity index (χ0) is 14.6. The first-order valence-electron chi connectivity index (χ1n) is 6.26. The first kappa shape index (κ1) is 15.4. The van der Waals surface area contributed by atoms with Gasteiger partial charge in [-0.1, -0.05) is 13.8 Å². The summed E-state index contributed by atoms with van der Waals surface area (Å²) in [5, 5.41) is 12.3. The van der Waals surface area contributed by atoms with E-state index in [-0.39, 0.29) is 12.5 Å². The first-order valence-corrected chi connectivity index (χ1v) is 6.26. The number of nitrogens with zero attached hydrogens (tertiary/aromatic N) is 1. The minimum absolute atomic E-state index is 0.0396. The molecule has 1 atom stereocenters. The molecule has 0 aromatic carbocycles. The number of hydrogen-bond acceptors (Lipinski definition) is 4. The third kappa shape index (κ3) is 4.20. The van der Waals surface area contributed by atoms with Crippen LogP contribution < -0.4 is 11.1 Å². The number of amides is 3. The average Bonchev–Trinajstić information content (AvgIpc) is 2.70. The van der Waals surface area contributed by atoms with Crippen LogP contribution in [0.1, 0.15) is 26.7 Å². The van der Waals surface area contributed by atoms with Crippen molar-refractivity contribution in [2.45, 2.75) is 32.8 Å². The highest BCUT2D eigenvalue weighted by Gasteiger charge is 2.37. The normalized spacial score (nSPS) is 17.4. The molecule has 19 heavy (non-hydrogen) atoms. The van der Waals surface area contributed by atoms with Gasteiger partial charge in [0.15, 0.2) is 0 Å². The molecule has 1 aliphatic heterocycles. The molecule has 0 radical (unpaired) electrons. The molecule has 3 amide bonds. The SMILES string of the molecule is CC(C)(CN1CCCC1=O)C(O)C(=O)NCC(N)=O. The molecule has 1 unspecified atom stereocenters. The summed E-state index contributed by atoms with van der Waals surface area (Å²) in [6.07, 6.45) is 0.0131. The Balaban J connectivity index is 2.57. The first-order chi connectivity index (χ1) is 8.74. The van der Waals surface area contributed by atoms with Crippen molar-refractivity contribution in [1.82, 2.24) is 10.2 Å². The number of aliphatic hydroxyl groups is 1. The zero-order valence-electron chi connectivity index (χ0n) is 11.3. The lowest BCUT2D eigenvalue weighted by Crippen LogP contribution is -2.50. The minimum atomic E-state index is -1.31. The molecule has 7 nitrogen and oxygen atoms in total. The van der Waals surface area contributed by atoms with Crippen molar-refractivity contribution in [3.05, 3.63) is 0 Å². The molecule has 0 aromatic heterocycles. The van der Waals surface area contributed by atoms with Gasteiger partial charge in [0.1, 0.15) is 6.10 Å². The monoisotopic (exact) mass is 271 g/mol. The summed E-state index contributed by atoms with van der Waals surface area (Å²) in [4.78, 5) is 35.4. The van der Waals surface area contributed by atoms with Gasteiger partial charge < -0.3 is 21.1 Å².